The molecule has 3 nitrogen and oxygen atoms in total. The molecule has 1 aliphatic carbocycles. The van der Waals surface area contributed by atoms with Gasteiger partial charge in [0.15, 0.2) is 11.0 Å². The van der Waals surface area contributed by atoms with E-state index in [1.165, 1.54) is 36.0 Å². The number of hydrogen-bond acceptors (Lipinski definition) is 4. The Morgan fingerprint density at radius 2 is 2.19 bits per heavy atom. The zero-order valence-corrected chi connectivity index (χ0v) is 19.1. The summed E-state index contributed by atoms with van der Waals surface area (Å²) in [7, 11) is 0. The molecule has 0 N–H and O–H groups in total. The minimum Gasteiger partial charge on any atom is -0.299 e. The van der Waals surface area contributed by atoms with Crippen LogP contribution in [-0.2, 0) is 18.6 Å². The van der Waals surface area contributed by atoms with E-state index < -0.39 is 0 Å². The highest BCUT2D eigenvalue weighted by molar-refractivity contribution is 9.10. The van der Waals surface area contributed by atoms with Crippen LogP contribution in [0.3, 0.4) is 0 Å². The van der Waals surface area contributed by atoms with Crippen LogP contribution < -0.4 is 0 Å². The largest absolute Gasteiger partial charge is 0.299 e. The second-order valence-electron chi connectivity index (χ2n) is 7.59. The molecule has 0 saturated carbocycles. The molecule has 1 unspecified atom stereocenters. The number of rotatable bonds is 5. The topological polar surface area (TPSA) is 30.7 Å². The molecular formula is C21H24BrN3S2. The molecule has 1 aromatic carbocycles. The number of thioether (sulfide) groups is 1. The van der Waals surface area contributed by atoms with Gasteiger partial charge in [-0.3, -0.25) is 4.57 Å². The highest BCUT2D eigenvalue weighted by atomic mass is 79.9. The lowest BCUT2D eigenvalue weighted by molar-refractivity contribution is 0.507. The van der Waals surface area contributed by atoms with E-state index in [2.05, 4.69) is 81.1 Å². The van der Waals surface area contributed by atoms with Gasteiger partial charge < -0.3 is 0 Å². The molecule has 0 aliphatic heterocycles. The van der Waals surface area contributed by atoms with Crippen LogP contribution in [0.25, 0.3) is 11.4 Å². The predicted molar refractivity (Wildman–Crippen MR) is 119 cm³/mol. The standard InChI is InChI=1S/C21H24BrN3S2/c1-13(2)25-20(18-12-26-19-9-14(3)7-8-17(18)19)23-24-21(25)27-11-15-5-4-6-16(22)10-15/h4-6,10,12-14H,7-9,11H2,1-3H3. The van der Waals surface area contributed by atoms with E-state index in [4.69, 9.17) is 0 Å². The number of hydrogen-bond donors (Lipinski definition) is 0. The van der Waals surface area contributed by atoms with Crippen LogP contribution in [0.15, 0.2) is 39.3 Å². The number of thiophene rings is 1. The highest BCUT2D eigenvalue weighted by Gasteiger charge is 2.25. The van der Waals surface area contributed by atoms with Crippen LogP contribution in [0.2, 0.25) is 0 Å². The van der Waals surface area contributed by atoms with Crippen molar-refractivity contribution < 1.29 is 0 Å². The van der Waals surface area contributed by atoms with Crippen molar-refractivity contribution in [3.8, 4) is 11.4 Å². The maximum absolute atomic E-state index is 4.63. The zero-order valence-electron chi connectivity index (χ0n) is 15.9. The fourth-order valence-electron chi connectivity index (χ4n) is 3.66. The number of halogens is 1. The second kappa shape index (κ2) is 8.10. The Kier molecular flexibility index (Phi) is 5.76. The molecule has 0 spiro atoms. The summed E-state index contributed by atoms with van der Waals surface area (Å²) in [6.07, 6.45) is 3.65. The minimum absolute atomic E-state index is 0.332. The molecule has 142 valence electrons. The maximum Gasteiger partial charge on any atom is 0.192 e. The van der Waals surface area contributed by atoms with Gasteiger partial charge in [0.25, 0.3) is 0 Å². The molecular weight excluding hydrogens is 438 g/mol. The van der Waals surface area contributed by atoms with Gasteiger partial charge in [0, 0.05) is 32.1 Å². The summed E-state index contributed by atoms with van der Waals surface area (Å²) in [5.41, 5.74) is 4.10. The van der Waals surface area contributed by atoms with Gasteiger partial charge in [-0.25, -0.2) is 0 Å². The smallest absolute Gasteiger partial charge is 0.192 e. The molecule has 1 atom stereocenters. The van der Waals surface area contributed by atoms with E-state index in [-0.39, 0.29) is 0 Å². The van der Waals surface area contributed by atoms with Crippen molar-refractivity contribution in [1.82, 2.24) is 14.8 Å². The molecule has 0 radical (unpaired) electrons. The third-order valence-electron chi connectivity index (χ3n) is 5.08. The number of benzene rings is 1. The van der Waals surface area contributed by atoms with E-state index in [9.17, 15) is 0 Å². The summed E-state index contributed by atoms with van der Waals surface area (Å²) in [6, 6.07) is 8.80. The van der Waals surface area contributed by atoms with Crippen LogP contribution in [0.5, 0.6) is 0 Å². The molecule has 3 aromatic rings. The Labute approximate surface area is 177 Å². The van der Waals surface area contributed by atoms with Crippen LogP contribution >= 0.6 is 39.0 Å². The van der Waals surface area contributed by atoms with Crippen molar-refractivity contribution in [1.29, 1.82) is 0 Å². The molecule has 27 heavy (non-hydrogen) atoms. The van der Waals surface area contributed by atoms with E-state index in [1.54, 1.807) is 16.6 Å². The summed E-state index contributed by atoms with van der Waals surface area (Å²) in [5, 5.41) is 12.5. The second-order valence-corrected chi connectivity index (χ2v) is 10.4. The quantitative estimate of drug-likeness (QED) is 0.392. The lowest BCUT2D eigenvalue weighted by atomic mass is 9.88. The first-order chi connectivity index (χ1) is 13.0. The Morgan fingerprint density at radius 3 is 2.96 bits per heavy atom. The number of nitrogens with zero attached hydrogens (tertiary/aromatic N) is 3. The van der Waals surface area contributed by atoms with E-state index >= 15 is 0 Å². The summed E-state index contributed by atoms with van der Waals surface area (Å²) in [5.74, 6) is 2.72. The first-order valence-corrected chi connectivity index (χ1v) is 12.1. The van der Waals surface area contributed by atoms with Crippen molar-refractivity contribution >= 4 is 39.0 Å². The zero-order chi connectivity index (χ0) is 19.0. The molecule has 6 heteroatoms. The van der Waals surface area contributed by atoms with Crippen molar-refractivity contribution in [2.24, 2.45) is 5.92 Å². The van der Waals surface area contributed by atoms with E-state index in [0.29, 0.717) is 6.04 Å². The average Bonchev–Trinajstić information content (AvgIpc) is 3.23. The van der Waals surface area contributed by atoms with Gasteiger partial charge in [0.2, 0.25) is 0 Å². The normalized spacial score (nSPS) is 16.7. The summed E-state index contributed by atoms with van der Waals surface area (Å²) in [4.78, 5) is 1.55. The van der Waals surface area contributed by atoms with Crippen LogP contribution in [0.4, 0.5) is 0 Å². The molecule has 1 aliphatic rings. The monoisotopic (exact) mass is 461 g/mol. The SMILES string of the molecule is CC1CCc2c(-c3nnc(SCc4cccc(Br)c4)n3C(C)C)csc2C1. The van der Waals surface area contributed by atoms with E-state index in [1.807, 2.05) is 11.3 Å². The molecule has 0 saturated heterocycles. The lowest BCUT2D eigenvalue weighted by Gasteiger charge is -2.19. The van der Waals surface area contributed by atoms with Crippen LogP contribution in [0, 0.1) is 5.92 Å². The third kappa shape index (κ3) is 4.03. The van der Waals surface area contributed by atoms with E-state index in [0.717, 1.165) is 27.1 Å². The van der Waals surface area contributed by atoms with Gasteiger partial charge in [-0.1, -0.05) is 46.7 Å². The Bertz CT molecular complexity index is 945. The number of aromatic nitrogens is 3. The Morgan fingerprint density at radius 1 is 1.33 bits per heavy atom. The molecule has 0 fully saturated rings. The Hall–Kier alpha value is -1.11. The lowest BCUT2D eigenvalue weighted by Crippen LogP contribution is -2.10. The third-order valence-corrected chi connectivity index (χ3v) is 7.64. The summed E-state index contributed by atoms with van der Waals surface area (Å²) in [6.45, 7) is 6.80. The minimum atomic E-state index is 0.332. The number of fused-ring (bicyclic) bond motifs is 1. The van der Waals surface area contributed by atoms with Gasteiger partial charge in [0.05, 0.1) is 0 Å². The molecule has 2 heterocycles. The van der Waals surface area contributed by atoms with Crippen molar-refractivity contribution in [3.63, 3.8) is 0 Å². The van der Waals surface area contributed by atoms with Gasteiger partial charge in [0.1, 0.15) is 0 Å². The summed E-state index contributed by atoms with van der Waals surface area (Å²) < 4.78 is 3.42. The molecule has 0 bridgehead atoms. The highest BCUT2D eigenvalue weighted by Crippen LogP contribution is 2.39. The van der Waals surface area contributed by atoms with Gasteiger partial charge in [-0.2, -0.15) is 0 Å². The Balaban J connectivity index is 1.64. The van der Waals surface area contributed by atoms with Gasteiger partial charge in [-0.05, 0) is 62.3 Å². The van der Waals surface area contributed by atoms with Crippen molar-refractivity contribution in [2.75, 3.05) is 0 Å². The molecule has 4 rings (SSSR count). The fourth-order valence-corrected chi connectivity index (χ4v) is 6.36. The van der Waals surface area contributed by atoms with Crippen LogP contribution in [0.1, 0.15) is 49.2 Å². The van der Waals surface area contributed by atoms with Gasteiger partial charge in [-0.15, -0.1) is 21.5 Å². The molecule has 2 aromatic heterocycles. The van der Waals surface area contributed by atoms with Gasteiger partial charge >= 0.3 is 0 Å². The van der Waals surface area contributed by atoms with Crippen LogP contribution in [-0.4, -0.2) is 14.8 Å². The summed E-state index contributed by atoms with van der Waals surface area (Å²) >= 11 is 7.22. The first kappa shape index (κ1) is 19.2. The first-order valence-electron chi connectivity index (χ1n) is 9.44. The maximum atomic E-state index is 4.63. The van der Waals surface area contributed by atoms with Crippen molar-refractivity contribution in [3.05, 3.63) is 50.1 Å². The van der Waals surface area contributed by atoms with Crippen molar-refractivity contribution in [2.45, 2.75) is 57.0 Å². The fraction of sp³-hybridized carbons (Fsp3) is 0.429. The average molecular weight is 462 g/mol. The predicted octanol–water partition coefficient (Wildman–Crippen LogP) is 6.77. The molecule has 0 amide bonds.